The molecule has 124 valence electrons. The van der Waals surface area contributed by atoms with Crippen LogP contribution in [0.25, 0.3) is 10.9 Å². The number of H-pyrrole nitrogens is 1. The summed E-state index contributed by atoms with van der Waals surface area (Å²) in [5.74, 6) is 0.0166. The molecule has 0 bridgehead atoms. The van der Waals surface area contributed by atoms with Crippen LogP contribution in [0.4, 0.5) is 0 Å². The first-order valence-electron chi connectivity index (χ1n) is 8.13. The fraction of sp³-hybridized carbons (Fsp3) is 0.353. The number of fused-ring (bicyclic) bond motifs is 1. The van der Waals surface area contributed by atoms with Crippen LogP contribution in [-0.2, 0) is 6.54 Å². The summed E-state index contributed by atoms with van der Waals surface area (Å²) < 4.78 is 0. The molecule has 24 heavy (non-hydrogen) atoms. The van der Waals surface area contributed by atoms with Crippen molar-refractivity contribution in [2.45, 2.75) is 13.0 Å². The van der Waals surface area contributed by atoms with Gasteiger partial charge in [-0.3, -0.25) is 14.8 Å². The maximum Gasteiger partial charge on any atom is 0.275 e. The molecule has 0 unspecified atom stereocenters. The van der Waals surface area contributed by atoms with Crippen molar-refractivity contribution in [3.63, 3.8) is 0 Å². The van der Waals surface area contributed by atoms with Crippen LogP contribution in [-0.4, -0.2) is 57.1 Å². The van der Waals surface area contributed by atoms with Gasteiger partial charge >= 0.3 is 0 Å². The number of amides is 1. The highest BCUT2D eigenvalue weighted by molar-refractivity contribution is 7.07. The van der Waals surface area contributed by atoms with Crippen molar-refractivity contribution in [2.24, 2.45) is 0 Å². The maximum absolute atomic E-state index is 12.9. The lowest BCUT2D eigenvalue weighted by atomic mass is 10.2. The van der Waals surface area contributed by atoms with Crippen molar-refractivity contribution in [1.82, 2.24) is 25.0 Å². The Hall–Kier alpha value is -2.25. The second-order valence-electron chi connectivity index (χ2n) is 6.02. The summed E-state index contributed by atoms with van der Waals surface area (Å²) in [4.78, 5) is 21.5. The van der Waals surface area contributed by atoms with Crippen molar-refractivity contribution in [3.8, 4) is 0 Å². The number of carbonyl (C=O) groups is 1. The number of aromatic amines is 1. The van der Waals surface area contributed by atoms with Gasteiger partial charge in [-0.05, 0) is 12.5 Å². The molecule has 3 heterocycles. The zero-order valence-corrected chi connectivity index (χ0v) is 14.1. The minimum absolute atomic E-state index is 0.0166. The van der Waals surface area contributed by atoms with Gasteiger partial charge in [-0.15, -0.1) is 11.3 Å². The summed E-state index contributed by atoms with van der Waals surface area (Å²) in [6, 6.07) is 7.76. The molecule has 0 atom stereocenters. The maximum atomic E-state index is 12.9. The van der Waals surface area contributed by atoms with Crippen molar-refractivity contribution in [3.05, 3.63) is 46.5 Å². The largest absolute Gasteiger partial charge is 0.336 e. The Morgan fingerprint density at radius 1 is 1.21 bits per heavy atom. The van der Waals surface area contributed by atoms with Crippen LogP contribution in [0.1, 0.15) is 22.6 Å². The SMILES string of the molecule is O=C(c1n[nH]c2ccccc12)N1CCCN(Cc2cscn2)CC1. The fourth-order valence-corrected chi connectivity index (χ4v) is 3.70. The number of thiazole rings is 1. The van der Waals surface area contributed by atoms with Crippen LogP contribution in [0.2, 0.25) is 0 Å². The van der Waals surface area contributed by atoms with E-state index in [4.69, 9.17) is 0 Å². The molecule has 1 N–H and O–H groups in total. The summed E-state index contributed by atoms with van der Waals surface area (Å²) >= 11 is 1.62. The van der Waals surface area contributed by atoms with Crippen molar-refractivity contribution < 1.29 is 4.79 Å². The molecule has 0 spiro atoms. The average Bonchev–Trinajstić information content (AvgIpc) is 3.20. The zero-order chi connectivity index (χ0) is 16.4. The normalized spacial score (nSPS) is 16.4. The third-order valence-electron chi connectivity index (χ3n) is 4.42. The van der Waals surface area contributed by atoms with E-state index >= 15 is 0 Å². The van der Waals surface area contributed by atoms with Gasteiger partial charge in [0.1, 0.15) is 0 Å². The van der Waals surface area contributed by atoms with E-state index in [1.54, 1.807) is 11.3 Å². The second kappa shape index (κ2) is 6.70. The fourth-order valence-electron chi connectivity index (χ4n) is 3.15. The Bertz CT molecular complexity index is 829. The number of hydrogen-bond acceptors (Lipinski definition) is 5. The highest BCUT2D eigenvalue weighted by atomic mass is 32.1. The first-order valence-corrected chi connectivity index (χ1v) is 9.07. The van der Waals surface area contributed by atoms with Crippen LogP contribution < -0.4 is 0 Å². The number of aromatic nitrogens is 3. The quantitative estimate of drug-likeness (QED) is 0.794. The Kier molecular flexibility index (Phi) is 4.27. The molecule has 1 saturated heterocycles. The number of hydrogen-bond donors (Lipinski definition) is 1. The van der Waals surface area contributed by atoms with E-state index in [0.717, 1.165) is 55.7 Å². The summed E-state index contributed by atoms with van der Waals surface area (Å²) in [5, 5.41) is 10.2. The second-order valence-corrected chi connectivity index (χ2v) is 6.74. The Morgan fingerprint density at radius 2 is 2.12 bits per heavy atom. The third kappa shape index (κ3) is 3.05. The van der Waals surface area contributed by atoms with Gasteiger partial charge < -0.3 is 4.90 Å². The summed E-state index contributed by atoms with van der Waals surface area (Å²) in [5.41, 5.74) is 4.41. The monoisotopic (exact) mass is 341 g/mol. The van der Waals surface area contributed by atoms with Gasteiger partial charge in [-0.1, -0.05) is 18.2 Å². The average molecular weight is 341 g/mol. The van der Waals surface area contributed by atoms with E-state index in [9.17, 15) is 4.79 Å². The molecule has 3 aromatic rings. The highest BCUT2D eigenvalue weighted by Crippen LogP contribution is 2.18. The number of nitrogens with one attached hydrogen (secondary N) is 1. The lowest BCUT2D eigenvalue weighted by Gasteiger charge is -2.21. The molecular weight excluding hydrogens is 322 g/mol. The zero-order valence-electron chi connectivity index (χ0n) is 13.3. The van der Waals surface area contributed by atoms with Gasteiger partial charge in [0.2, 0.25) is 0 Å². The van der Waals surface area contributed by atoms with Crippen molar-refractivity contribution >= 4 is 28.1 Å². The highest BCUT2D eigenvalue weighted by Gasteiger charge is 2.23. The Morgan fingerprint density at radius 3 is 3.00 bits per heavy atom. The molecular formula is C17H19N5OS. The van der Waals surface area contributed by atoms with Crippen LogP contribution in [0, 0.1) is 0 Å². The van der Waals surface area contributed by atoms with E-state index in [0.29, 0.717) is 5.69 Å². The van der Waals surface area contributed by atoms with Crippen LogP contribution in [0.3, 0.4) is 0 Å². The van der Waals surface area contributed by atoms with Crippen molar-refractivity contribution in [1.29, 1.82) is 0 Å². The number of carbonyl (C=O) groups excluding carboxylic acids is 1. The molecule has 1 fully saturated rings. The topological polar surface area (TPSA) is 65.1 Å². The lowest BCUT2D eigenvalue weighted by molar-refractivity contribution is 0.0757. The molecule has 4 rings (SSSR count). The Labute approximate surface area is 144 Å². The molecule has 1 aliphatic rings. The van der Waals surface area contributed by atoms with Crippen LogP contribution in [0.5, 0.6) is 0 Å². The molecule has 0 aliphatic carbocycles. The Balaban J connectivity index is 1.46. The molecule has 1 aromatic carbocycles. The smallest absolute Gasteiger partial charge is 0.275 e. The van der Waals surface area contributed by atoms with Crippen LogP contribution in [0.15, 0.2) is 35.2 Å². The summed E-state index contributed by atoms with van der Waals surface area (Å²) in [6.45, 7) is 4.21. The van der Waals surface area contributed by atoms with E-state index in [1.807, 2.05) is 34.7 Å². The summed E-state index contributed by atoms with van der Waals surface area (Å²) in [6.07, 6.45) is 0.970. The van der Waals surface area contributed by atoms with E-state index in [2.05, 4.69) is 25.5 Å². The van der Waals surface area contributed by atoms with Gasteiger partial charge in [-0.2, -0.15) is 5.10 Å². The minimum Gasteiger partial charge on any atom is -0.336 e. The standard InChI is InChI=1S/C17H19N5OS/c23-17(16-14-4-1-2-5-15(14)19-20-16)22-7-3-6-21(8-9-22)10-13-11-24-12-18-13/h1-2,4-5,11-12H,3,6-10H2,(H,19,20). The van der Waals surface area contributed by atoms with Gasteiger partial charge in [0, 0.05) is 43.5 Å². The number of rotatable bonds is 3. The lowest BCUT2D eigenvalue weighted by Crippen LogP contribution is -2.35. The molecule has 6 nitrogen and oxygen atoms in total. The van der Waals surface area contributed by atoms with Gasteiger partial charge in [0.05, 0.1) is 16.7 Å². The van der Waals surface area contributed by atoms with E-state index in [-0.39, 0.29) is 5.91 Å². The molecule has 2 aromatic heterocycles. The predicted octanol–water partition coefficient (Wildman–Crippen LogP) is 2.37. The molecule has 1 aliphatic heterocycles. The minimum atomic E-state index is 0.0166. The molecule has 7 heteroatoms. The number of nitrogens with zero attached hydrogens (tertiary/aromatic N) is 4. The first kappa shape index (κ1) is 15.3. The van der Waals surface area contributed by atoms with E-state index in [1.165, 1.54) is 0 Å². The van der Waals surface area contributed by atoms with Gasteiger partial charge in [0.25, 0.3) is 5.91 Å². The first-order chi connectivity index (χ1) is 11.8. The number of benzene rings is 1. The molecule has 1 amide bonds. The van der Waals surface area contributed by atoms with Gasteiger partial charge in [0.15, 0.2) is 5.69 Å². The molecule has 0 radical (unpaired) electrons. The molecule has 0 saturated carbocycles. The van der Waals surface area contributed by atoms with E-state index < -0.39 is 0 Å². The predicted molar refractivity (Wildman–Crippen MR) is 94.0 cm³/mol. The number of para-hydroxylation sites is 1. The van der Waals surface area contributed by atoms with Gasteiger partial charge in [-0.25, -0.2) is 4.98 Å². The van der Waals surface area contributed by atoms with Crippen LogP contribution >= 0.6 is 11.3 Å². The van der Waals surface area contributed by atoms with Crippen molar-refractivity contribution in [2.75, 3.05) is 26.2 Å². The summed E-state index contributed by atoms with van der Waals surface area (Å²) in [7, 11) is 0. The third-order valence-corrected chi connectivity index (χ3v) is 5.05.